The standard InChI is InChI=1S/C16H11Cl2NO/c17-11-4-5-15(18)13(8-11)16(20)12-3-1-2-10-6-7-19-9-14(10)12/h1-9,16,20H. The van der Waals surface area contributed by atoms with Crippen molar-refractivity contribution in [1.29, 1.82) is 0 Å². The van der Waals surface area contributed by atoms with E-state index in [0.29, 0.717) is 15.6 Å². The van der Waals surface area contributed by atoms with Crippen LogP contribution in [-0.2, 0) is 0 Å². The van der Waals surface area contributed by atoms with E-state index in [0.717, 1.165) is 16.3 Å². The Balaban J connectivity index is 2.17. The molecule has 1 heterocycles. The van der Waals surface area contributed by atoms with Gasteiger partial charge in [-0.05, 0) is 35.2 Å². The molecule has 3 rings (SSSR count). The molecule has 0 aliphatic rings. The van der Waals surface area contributed by atoms with E-state index in [9.17, 15) is 5.11 Å². The maximum absolute atomic E-state index is 10.6. The van der Waals surface area contributed by atoms with E-state index >= 15 is 0 Å². The molecule has 0 radical (unpaired) electrons. The maximum Gasteiger partial charge on any atom is 0.106 e. The number of hydrogen-bond acceptors (Lipinski definition) is 2. The molecule has 20 heavy (non-hydrogen) atoms. The first kappa shape index (κ1) is 13.4. The fourth-order valence-electron chi connectivity index (χ4n) is 2.27. The van der Waals surface area contributed by atoms with Crippen molar-refractivity contribution < 1.29 is 5.11 Å². The Bertz CT molecular complexity index is 768. The molecule has 1 unspecified atom stereocenters. The summed E-state index contributed by atoms with van der Waals surface area (Å²) in [7, 11) is 0. The highest BCUT2D eigenvalue weighted by Gasteiger charge is 2.16. The lowest BCUT2D eigenvalue weighted by molar-refractivity contribution is 0.222. The second-order valence-corrected chi connectivity index (χ2v) is 5.36. The molecular formula is C16H11Cl2NO. The van der Waals surface area contributed by atoms with Crippen molar-refractivity contribution in [2.75, 3.05) is 0 Å². The topological polar surface area (TPSA) is 33.1 Å². The summed E-state index contributed by atoms with van der Waals surface area (Å²) >= 11 is 12.1. The van der Waals surface area contributed by atoms with Gasteiger partial charge in [0, 0.05) is 33.4 Å². The molecule has 1 aromatic heterocycles. The van der Waals surface area contributed by atoms with Gasteiger partial charge < -0.3 is 5.11 Å². The van der Waals surface area contributed by atoms with Gasteiger partial charge in [0.05, 0.1) is 0 Å². The molecule has 1 N–H and O–H groups in total. The number of rotatable bonds is 2. The fourth-order valence-corrected chi connectivity index (χ4v) is 2.67. The number of aliphatic hydroxyl groups excluding tert-OH is 1. The molecule has 0 fully saturated rings. The van der Waals surface area contributed by atoms with Gasteiger partial charge in [0.25, 0.3) is 0 Å². The van der Waals surface area contributed by atoms with Crippen LogP contribution in [-0.4, -0.2) is 10.1 Å². The quantitative estimate of drug-likeness (QED) is 0.749. The molecule has 3 aromatic rings. The zero-order chi connectivity index (χ0) is 14.1. The summed E-state index contributed by atoms with van der Waals surface area (Å²) in [6.45, 7) is 0. The van der Waals surface area contributed by atoms with Gasteiger partial charge in [0.15, 0.2) is 0 Å². The Labute approximate surface area is 126 Å². The SMILES string of the molecule is OC(c1cc(Cl)ccc1Cl)c1cccc2ccncc12. The summed E-state index contributed by atoms with van der Waals surface area (Å²) in [6.07, 6.45) is 2.63. The summed E-state index contributed by atoms with van der Waals surface area (Å²) in [5.41, 5.74) is 1.36. The van der Waals surface area contributed by atoms with Crippen LogP contribution in [0.5, 0.6) is 0 Å². The third-order valence-corrected chi connectivity index (χ3v) is 3.84. The highest BCUT2D eigenvalue weighted by Crippen LogP contribution is 2.33. The number of benzene rings is 2. The molecule has 0 saturated carbocycles. The van der Waals surface area contributed by atoms with Gasteiger partial charge in [-0.15, -0.1) is 0 Å². The zero-order valence-electron chi connectivity index (χ0n) is 10.4. The summed E-state index contributed by atoms with van der Waals surface area (Å²) in [5.74, 6) is 0. The molecule has 100 valence electrons. The van der Waals surface area contributed by atoms with Gasteiger partial charge in [-0.25, -0.2) is 0 Å². The largest absolute Gasteiger partial charge is 0.384 e. The van der Waals surface area contributed by atoms with Gasteiger partial charge in [0.1, 0.15) is 6.10 Å². The number of aromatic nitrogens is 1. The molecule has 0 aliphatic carbocycles. The highest BCUT2D eigenvalue weighted by atomic mass is 35.5. The third-order valence-electron chi connectivity index (χ3n) is 3.26. The molecule has 0 spiro atoms. The van der Waals surface area contributed by atoms with Crippen LogP contribution in [0.3, 0.4) is 0 Å². The van der Waals surface area contributed by atoms with Crippen LogP contribution in [0, 0.1) is 0 Å². The van der Waals surface area contributed by atoms with Crippen LogP contribution in [0.25, 0.3) is 10.8 Å². The summed E-state index contributed by atoms with van der Waals surface area (Å²) in [4.78, 5) is 4.12. The molecule has 0 amide bonds. The molecule has 0 bridgehead atoms. The zero-order valence-corrected chi connectivity index (χ0v) is 11.9. The van der Waals surface area contributed by atoms with Gasteiger partial charge >= 0.3 is 0 Å². The van der Waals surface area contributed by atoms with Crippen molar-refractivity contribution in [2.45, 2.75) is 6.10 Å². The Kier molecular flexibility index (Phi) is 3.62. The lowest BCUT2D eigenvalue weighted by atomic mass is 9.97. The Morgan fingerprint density at radius 3 is 2.70 bits per heavy atom. The molecule has 2 aromatic carbocycles. The Morgan fingerprint density at radius 2 is 1.85 bits per heavy atom. The average Bonchev–Trinajstić information content (AvgIpc) is 2.48. The predicted octanol–water partition coefficient (Wildman–Crippen LogP) is 4.62. The number of hydrogen-bond donors (Lipinski definition) is 1. The van der Waals surface area contributed by atoms with Crippen molar-refractivity contribution in [3.63, 3.8) is 0 Å². The van der Waals surface area contributed by atoms with E-state index < -0.39 is 6.10 Å². The van der Waals surface area contributed by atoms with Crippen molar-refractivity contribution in [1.82, 2.24) is 4.98 Å². The third kappa shape index (κ3) is 2.38. The number of nitrogens with zero attached hydrogens (tertiary/aromatic N) is 1. The van der Waals surface area contributed by atoms with E-state index in [4.69, 9.17) is 23.2 Å². The van der Waals surface area contributed by atoms with E-state index in [2.05, 4.69) is 4.98 Å². The molecule has 0 aliphatic heterocycles. The van der Waals surface area contributed by atoms with Crippen LogP contribution in [0.15, 0.2) is 54.9 Å². The molecule has 2 nitrogen and oxygen atoms in total. The number of aliphatic hydroxyl groups is 1. The number of halogens is 2. The molecular weight excluding hydrogens is 293 g/mol. The molecule has 4 heteroatoms. The average molecular weight is 304 g/mol. The minimum Gasteiger partial charge on any atom is -0.384 e. The van der Waals surface area contributed by atoms with E-state index in [1.165, 1.54) is 0 Å². The smallest absolute Gasteiger partial charge is 0.106 e. The van der Waals surface area contributed by atoms with E-state index in [1.807, 2.05) is 24.3 Å². The van der Waals surface area contributed by atoms with Gasteiger partial charge in [-0.2, -0.15) is 0 Å². The number of pyridine rings is 1. The van der Waals surface area contributed by atoms with Gasteiger partial charge in [-0.3, -0.25) is 4.98 Å². The van der Waals surface area contributed by atoms with E-state index in [-0.39, 0.29) is 0 Å². The van der Waals surface area contributed by atoms with Gasteiger partial charge in [0.2, 0.25) is 0 Å². The van der Waals surface area contributed by atoms with Crippen molar-refractivity contribution in [3.05, 3.63) is 76.0 Å². The predicted molar refractivity (Wildman–Crippen MR) is 82.3 cm³/mol. The second-order valence-electron chi connectivity index (χ2n) is 4.51. The van der Waals surface area contributed by atoms with Gasteiger partial charge in [-0.1, -0.05) is 41.4 Å². The summed E-state index contributed by atoms with van der Waals surface area (Å²) in [6, 6.07) is 12.7. The first-order valence-corrected chi connectivity index (χ1v) is 6.88. The van der Waals surface area contributed by atoms with Crippen LogP contribution in [0.4, 0.5) is 0 Å². The Morgan fingerprint density at radius 1 is 1.00 bits per heavy atom. The van der Waals surface area contributed by atoms with Crippen LogP contribution >= 0.6 is 23.2 Å². The monoisotopic (exact) mass is 303 g/mol. The minimum atomic E-state index is -0.839. The van der Waals surface area contributed by atoms with Crippen molar-refractivity contribution >= 4 is 34.0 Å². The normalized spacial score (nSPS) is 12.6. The lowest BCUT2D eigenvalue weighted by Crippen LogP contribution is -2.01. The van der Waals surface area contributed by atoms with Crippen molar-refractivity contribution in [3.8, 4) is 0 Å². The van der Waals surface area contributed by atoms with Crippen LogP contribution < -0.4 is 0 Å². The van der Waals surface area contributed by atoms with Crippen LogP contribution in [0.1, 0.15) is 17.2 Å². The highest BCUT2D eigenvalue weighted by molar-refractivity contribution is 6.33. The molecule has 1 atom stereocenters. The molecule has 0 saturated heterocycles. The first-order chi connectivity index (χ1) is 9.66. The summed E-state index contributed by atoms with van der Waals surface area (Å²) in [5, 5.41) is 13.6. The fraction of sp³-hybridized carbons (Fsp3) is 0.0625. The lowest BCUT2D eigenvalue weighted by Gasteiger charge is -2.15. The Hall–Kier alpha value is -1.61. The minimum absolute atomic E-state index is 0.489. The van der Waals surface area contributed by atoms with Crippen LogP contribution in [0.2, 0.25) is 10.0 Å². The van der Waals surface area contributed by atoms with Crippen molar-refractivity contribution in [2.24, 2.45) is 0 Å². The first-order valence-electron chi connectivity index (χ1n) is 6.12. The maximum atomic E-state index is 10.6. The summed E-state index contributed by atoms with van der Waals surface area (Å²) < 4.78 is 0. The van der Waals surface area contributed by atoms with E-state index in [1.54, 1.807) is 30.6 Å². The number of fused-ring (bicyclic) bond motifs is 1. The second kappa shape index (κ2) is 5.41.